The first-order valence-electron chi connectivity index (χ1n) is 8.86. The first kappa shape index (κ1) is 18.4. The van der Waals surface area contributed by atoms with Crippen LogP contribution in [0.3, 0.4) is 0 Å². The molecule has 0 unspecified atom stereocenters. The summed E-state index contributed by atoms with van der Waals surface area (Å²) in [6.07, 6.45) is 0.671. The van der Waals surface area contributed by atoms with Gasteiger partial charge in [0, 0.05) is 26.6 Å². The number of ether oxygens (including phenoxy) is 1. The topological polar surface area (TPSA) is 82.1 Å². The number of rotatable bonds is 5. The highest BCUT2D eigenvalue weighted by Gasteiger charge is 2.33. The summed E-state index contributed by atoms with van der Waals surface area (Å²) in [6, 6.07) is 4.73. The molecule has 2 heterocycles. The number of hydrogen-bond acceptors (Lipinski definition) is 5. The van der Waals surface area contributed by atoms with Crippen LogP contribution in [0, 0.1) is 11.7 Å². The van der Waals surface area contributed by atoms with Crippen molar-refractivity contribution in [2.45, 2.75) is 25.9 Å². The number of amides is 2. The zero-order chi connectivity index (χ0) is 18.7. The van der Waals surface area contributed by atoms with Gasteiger partial charge in [0.25, 0.3) is 0 Å². The van der Waals surface area contributed by atoms with Gasteiger partial charge in [-0.1, -0.05) is 0 Å². The van der Waals surface area contributed by atoms with Crippen molar-refractivity contribution in [1.29, 1.82) is 0 Å². The predicted octanol–water partition coefficient (Wildman–Crippen LogP) is 1.50. The highest BCUT2D eigenvalue weighted by Crippen LogP contribution is 2.30. The summed E-state index contributed by atoms with van der Waals surface area (Å²) in [5, 5.41) is 11.8. The van der Waals surface area contributed by atoms with Crippen molar-refractivity contribution in [2.75, 3.05) is 42.6 Å². The Morgan fingerprint density at radius 2 is 2.12 bits per heavy atom. The van der Waals surface area contributed by atoms with E-state index in [0.717, 1.165) is 12.8 Å². The molecule has 8 heteroatoms. The lowest BCUT2D eigenvalue weighted by atomic mass is 9.97. The average molecular weight is 365 g/mol. The normalized spacial score (nSPS) is 21.0. The third kappa shape index (κ3) is 4.07. The summed E-state index contributed by atoms with van der Waals surface area (Å²) >= 11 is 0. The van der Waals surface area contributed by atoms with E-state index in [2.05, 4.69) is 5.32 Å². The van der Waals surface area contributed by atoms with Gasteiger partial charge in [-0.3, -0.25) is 9.69 Å². The monoisotopic (exact) mass is 365 g/mol. The van der Waals surface area contributed by atoms with Crippen LogP contribution in [0.15, 0.2) is 18.2 Å². The molecule has 2 saturated heterocycles. The fourth-order valence-corrected chi connectivity index (χ4v) is 3.37. The minimum atomic E-state index is -0.545. The lowest BCUT2D eigenvalue weighted by Crippen LogP contribution is -2.35. The van der Waals surface area contributed by atoms with Crippen LogP contribution in [-0.2, 0) is 9.53 Å². The molecule has 2 N–H and O–H groups in total. The lowest BCUT2D eigenvalue weighted by molar-refractivity contribution is -0.119. The Labute approximate surface area is 151 Å². The van der Waals surface area contributed by atoms with E-state index in [4.69, 9.17) is 4.74 Å². The maximum Gasteiger partial charge on any atom is 0.414 e. The molecule has 1 aromatic rings. The van der Waals surface area contributed by atoms with E-state index in [9.17, 15) is 19.1 Å². The summed E-state index contributed by atoms with van der Waals surface area (Å²) in [6.45, 7) is 3.47. The Morgan fingerprint density at radius 3 is 2.73 bits per heavy atom. The van der Waals surface area contributed by atoms with Crippen molar-refractivity contribution >= 4 is 23.4 Å². The van der Waals surface area contributed by atoms with E-state index in [-0.39, 0.29) is 37.3 Å². The van der Waals surface area contributed by atoms with Gasteiger partial charge < -0.3 is 20.1 Å². The molecule has 3 rings (SSSR count). The van der Waals surface area contributed by atoms with Crippen LogP contribution in [-0.4, -0.2) is 56.0 Å². The van der Waals surface area contributed by atoms with E-state index in [0.29, 0.717) is 24.5 Å². The highest BCUT2D eigenvalue weighted by molar-refractivity contribution is 5.90. The average Bonchev–Trinajstić information content (AvgIpc) is 3.01. The maximum atomic E-state index is 14.6. The number of carbonyl (C=O) groups excluding carboxylic acids is 2. The van der Waals surface area contributed by atoms with Crippen LogP contribution in [0.4, 0.5) is 20.6 Å². The van der Waals surface area contributed by atoms with Gasteiger partial charge in [-0.15, -0.1) is 0 Å². The second kappa shape index (κ2) is 7.90. The second-order valence-electron chi connectivity index (χ2n) is 6.80. The number of hydrogen-bond donors (Lipinski definition) is 2. The van der Waals surface area contributed by atoms with E-state index in [1.54, 1.807) is 12.1 Å². The Bertz CT molecular complexity index is 676. The molecule has 2 amide bonds. The van der Waals surface area contributed by atoms with Crippen LogP contribution in [0.5, 0.6) is 0 Å². The number of halogens is 1. The Kier molecular flexibility index (Phi) is 5.61. The van der Waals surface area contributed by atoms with Crippen molar-refractivity contribution in [3.05, 3.63) is 24.0 Å². The van der Waals surface area contributed by atoms with Crippen molar-refractivity contribution in [3.8, 4) is 0 Å². The number of cyclic esters (lactones) is 1. The minimum Gasteiger partial charge on any atom is -0.442 e. The summed E-state index contributed by atoms with van der Waals surface area (Å²) in [5.74, 6) is -0.295. The van der Waals surface area contributed by atoms with Crippen molar-refractivity contribution < 1.29 is 23.8 Å². The molecule has 7 nitrogen and oxygen atoms in total. The van der Waals surface area contributed by atoms with Crippen LogP contribution in [0.1, 0.15) is 19.8 Å². The fraction of sp³-hybridized carbons (Fsp3) is 0.556. The third-order valence-corrected chi connectivity index (χ3v) is 4.91. The van der Waals surface area contributed by atoms with Gasteiger partial charge in [0.15, 0.2) is 0 Å². The number of carbonyl (C=O) groups is 2. The van der Waals surface area contributed by atoms with E-state index in [1.807, 2.05) is 4.90 Å². The molecule has 0 bridgehead atoms. The van der Waals surface area contributed by atoms with Gasteiger partial charge in [-0.2, -0.15) is 0 Å². The van der Waals surface area contributed by atoms with Gasteiger partial charge in [-0.25, -0.2) is 9.18 Å². The molecular formula is C18H24FN3O4. The zero-order valence-electron chi connectivity index (χ0n) is 14.8. The molecule has 2 fully saturated rings. The number of nitrogens with zero attached hydrogens (tertiary/aromatic N) is 2. The number of benzene rings is 1. The maximum absolute atomic E-state index is 14.6. The number of aliphatic hydroxyl groups excluding tert-OH is 1. The number of piperidine rings is 1. The van der Waals surface area contributed by atoms with Crippen LogP contribution in [0.2, 0.25) is 0 Å². The van der Waals surface area contributed by atoms with Crippen LogP contribution >= 0.6 is 0 Å². The molecule has 2 aliphatic heterocycles. The quantitative estimate of drug-likeness (QED) is 0.826. The number of anilines is 2. The zero-order valence-corrected chi connectivity index (χ0v) is 14.8. The number of aliphatic hydroxyl groups is 1. The molecule has 0 aliphatic carbocycles. The molecule has 0 radical (unpaired) electrons. The third-order valence-electron chi connectivity index (χ3n) is 4.91. The largest absolute Gasteiger partial charge is 0.442 e. The highest BCUT2D eigenvalue weighted by atomic mass is 19.1. The van der Waals surface area contributed by atoms with Gasteiger partial charge in [0.05, 0.1) is 24.5 Å². The Hall–Kier alpha value is -2.35. The molecule has 1 aromatic carbocycles. The Balaban J connectivity index is 1.66. The van der Waals surface area contributed by atoms with Gasteiger partial charge >= 0.3 is 6.09 Å². The van der Waals surface area contributed by atoms with Gasteiger partial charge in [0.1, 0.15) is 11.9 Å². The fourth-order valence-electron chi connectivity index (χ4n) is 3.37. The lowest BCUT2D eigenvalue weighted by Gasteiger charge is -2.33. The van der Waals surface area contributed by atoms with Crippen molar-refractivity contribution in [3.63, 3.8) is 0 Å². The molecule has 0 aromatic heterocycles. The first-order chi connectivity index (χ1) is 12.5. The summed E-state index contributed by atoms with van der Waals surface area (Å²) < 4.78 is 19.8. The summed E-state index contributed by atoms with van der Waals surface area (Å²) in [7, 11) is 0. The molecule has 26 heavy (non-hydrogen) atoms. The molecule has 1 atom stereocenters. The molecule has 0 spiro atoms. The Morgan fingerprint density at radius 1 is 1.38 bits per heavy atom. The molecule has 2 aliphatic rings. The first-order valence-corrected chi connectivity index (χ1v) is 8.86. The predicted molar refractivity (Wildman–Crippen MR) is 94.7 cm³/mol. The number of nitrogens with one attached hydrogen (secondary N) is 1. The van der Waals surface area contributed by atoms with Crippen LogP contribution < -0.4 is 15.1 Å². The van der Waals surface area contributed by atoms with Crippen molar-refractivity contribution in [1.82, 2.24) is 5.32 Å². The SMILES string of the molecule is CC(=O)NC[C@H]1CN(c2ccc(N3CCC(CO)CC3)c(F)c2)C(=O)O1. The standard InChI is InChI=1S/C18H24FN3O4/c1-12(24)20-9-15-10-22(18(25)26-15)14-2-3-17(16(19)8-14)21-6-4-13(11-23)5-7-21/h2-3,8,13,15,23H,4-7,9-11H2,1H3,(H,20,24)/t15-/m0/s1. The van der Waals surface area contributed by atoms with Gasteiger partial charge in [0.2, 0.25) is 5.91 Å². The van der Waals surface area contributed by atoms with E-state index < -0.39 is 12.2 Å². The van der Waals surface area contributed by atoms with E-state index >= 15 is 0 Å². The van der Waals surface area contributed by atoms with Crippen LogP contribution in [0.25, 0.3) is 0 Å². The summed E-state index contributed by atoms with van der Waals surface area (Å²) in [5.41, 5.74) is 0.944. The second-order valence-corrected chi connectivity index (χ2v) is 6.80. The van der Waals surface area contributed by atoms with Crippen molar-refractivity contribution in [2.24, 2.45) is 5.92 Å². The summed E-state index contributed by atoms with van der Waals surface area (Å²) in [4.78, 5) is 26.3. The smallest absolute Gasteiger partial charge is 0.414 e. The molecule has 142 valence electrons. The minimum absolute atomic E-state index is 0.173. The van der Waals surface area contributed by atoms with E-state index in [1.165, 1.54) is 17.9 Å². The molecular weight excluding hydrogens is 341 g/mol. The molecule has 0 saturated carbocycles. The van der Waals surface area contributed by atoms with Gasteiger partial charge in [-0.05, 0) is 37.0 Å².